The Hall–Kier alpha value is -2.08. The van der Waals surface area contributed by atoms with Gasteiger partial charge in [0.05, 0.1) is 29.6 Å². The third-order valence-corrected chi connectivity index (χ3v) is 13.2. The summed E-state index contributed by atoms with van der Waals surface area (Å²) in [6, 6.07) is 7.32. The van der Waals surface area contributed by atoms with Crippen molar-refractivity contribution in [1.82, 2.24) is 4.90 Å². The fraction of sp³-hybridized carbons (Fsp3) is 0.758. The van der Waals surface area contributed by atoms with Crippen molar-refractivity contribution in [3.8, 4) is 0 Å². The zero-order valence-electron chi connectivity index (χ0n) is 25.8. The summed E-state index contributed by atoms with van der Waals surface area (Å²) in [5.74, 6) is -0.131. The number of carbonyl (C=O) groups is 2. The lowest BCUT2D eigenvalue weighted by Crippen LogP contribution is -2.82. The van der Waals surface area contributed by atoms with E-state index < -0.39 is 22.8 Å². The highest BCUT2D eigenvalue weighted by atomic mass is 16.7. The summed E-state index contributed by atoms with van der Waals surface area (Å²) in [7, 11) is 5.47. The van der Waals surface area contributed by atoms with Crippen molar-refractivity contribution in [3.63, 3.8) is 0 Å². The zero-order chi connectivity index (χ0) is 29.9. The van der Waals surface area contributed by atoms with Crippen LogP contribution in [-0.2, 0) is 33.2 Å². The molecule has 1 aromatic rings. The Morgan fingerprint density at radius 1 is 1.07 bits per heavy atom. The van der Waals surface area contributed by atoms with Gasteiger partial charge in [0.1, 0.15) is 23.6 Å². The molecule has 0 radical (unpaired) electrons. The number of hydrogen-bond donors (Lipinski definition) is 1. The van der Waals surface area contributed by atoms with Crippen molar-refractivity contribution in [1.29, 1.82) is 0 Å². The molecule has 2 heterocycles. The summed E-state index contributed by atoms with van der Waals surface area (Å²) in [6.45, 7) is 5.41. The highest BCUT2D eigenvalue weighted by Crippen LogP contribution is 2.81. The molecule has 10 heteroatoms. The van der Waals surface area contributed by atoms with Crippen LogP contribution in [0.15, 0.2) is 24.3 Å². The first-order valence-corrected chi connectivity index (χ1v) is 16.0. The van der Waals surface area contributed by atoms with Crippen molar-refractivity contribution in [2.24, 2.45) is 29.1 Å². The quantitative estimate of drug-likeness (QED) is 0.475. The van der Waals surface area contributed by atoms with Crippen molar-refractivity contribution in [2.45, 2.75) is 87.1 Å². The standard InChI is InChI=1S/C33H44N2O8/c1-6-35-16-30(43-29(37)19-9-7-8-10-22(19)34-18(2)36)12-11-26(39-4)32-24(30)14-21(27(32)35)31-15-23(38-3)20-13-25(32)33(31,28(20)40-5)42-17-41-31/h7-10,20-21,23-28H,6,11-17H2,1-5H3,(H,34,36)/t20-,21-,23+,24-,25+,26+,27-,28+,30-,31+,32+,33+/m1/s1. The van der Waals surface area contributed by atoms with Gasteiger partial charge in [-0.05, 0) is 44.4 Å². The molecule has 2 saturated heterocycles. The van der Waals surface area contributed by atoms with Gasteiger partial charge in [-0.2, -0.15) is 0 Å². The molecule has 8 rings (SSSR count). The van der Waals surface area contributed by atoms with Crippen LogP contribution in [0.3, 0.4) is 0 Å². The van der Waals surface area contributed by atoms with Gasteiger partial charge in [0.2, 0.25) is 5.91 Å². The van der Waals surface area contributed by atoms with Gasteiger partial charge < -0.3 is 33.7 Å². The van der Waals surface area contributed by atoms with E-state index in [1.807, 2.05) is 26.4 Å². The topological polar surface area (TPSA) is 105 Å². The van der Waals surface area contributed by atoms with Crippen LogP contribution in [0.5, 0.6) is 0 Å². The zero-order valence-corrected chi connectivity index (χ0v) is 25.8. The Balaban J connectivity index is 1.29. The van der Waals surface area contributed by atoms with Gasteiger partial charge in [0, 0.05) is 76.3 Å². The predicted octanol–water partition coefficient (Wildman–Crippen LogP) is 3.24. The van der Waals surface area contributed by atoms with Gasteiger partial charge in [-0.15, -0.1) is 0 Å². The van der Waals surface area contributed by atoms with Gasteiger partial charge in [0.25, 0.3) is 0 Å². The second kappa shape index (κ2) is 9.47. The number of hydrogen-bond acceptors (Lipinski definition) is 9. The maximum atomic E-state index is 14.1. The highest BCUT2D eigenvalue weighted by Gasteiger charge is 2.91. The second-order valence-corrected chi connectivity index (χ2v) is 14.0. The molecule has 7 bridgehead atoms. The fourth-order valence-electron chi connectivity index (χ4n) is 12.4. The van der Waals surface area contributed by atoms with Crippen LogP contribution in [0.25, 0.3) is 0 Å². The number of nitrogens with zero attached hydrogens (tertiary/aromatic N) is 1. The number of nitrogens with one attached hydrogen (secondary N) is 1. The molecule has 0 aromatic heterocycles. The molecule has 0 unspecified atom stereocenters. The number of fused-ring (bicyclic) bond motifs is 1. The lowest BCUT2D eigenvalue weighted by Gasteiger charge is -2.70. The summed E-state index contributed by atoms with van der Waals surface area (Å²) >= 11 is 0. The lowest BCUT2D eigenvalue weighted by atomic mass is 9.44. The molecule has 5 aliphatic carbocycles. The first-order chi connectivity index (χ1) is 20.8. The molecule has 7 fully saturated rings. The molecule has 43 heavy (non-hydrogen) atoms. The maximum Gasteiger partial charge on any atom is 0.340 e. The number of ether oxygens (including phenoxy) is 6. The molecule has 1 aromatic carbocycles. The van der Waals surface area contributed by atoms with E-state index in [0.717, 1.165) is 32.2 Å². The molecule has 1 amide bonds. The minimum absolute atomic E-state index is 0.0141. The van der Waals surface area contributed by atoms with Crippen LogP contribution in [0.2, 0.25) is 0 Å². The van der Waals surface area contributed by atoms with Gasteiger partial charge in [-0.25, -0.2) is 4.79 Å². The number of likely N-dealkylation sites (N-methyl/N-ethyl adjacent to an activating group) is 1. The molecule has 12 atom stereocenters. The molecule has 2 aliphatic heterocycles. The minimum atomic E-state index is -0.710. The first kappa shape index (κ1) is 28.4. The molecular formula is C33H44N2O8. The fourth-order valence-corrected chi connectivity index (χ4v) is 12.4. The Morgan fingerprint density at radius 2 is 1.88 bits per heavy atom. The number of esters is 1. The van der Waals surface area contributed by atoms with Crippen LogP contribution in [-0.4, -0.2) is 99.1 Å². The molecule has 234 valence electrons. The molecule has 2 spiro atoms. The largest absolute Gasteiger partial charge is 0.454 e. The first-order valence-electron chi connectivity index (χ1n) is 16.0. The number of amides is 1. The number of para-hydroxylation sites is 1. The van der Waals surface area contributed by atoms with E-state index in [0.29, 0.717) is 24.2 Å². The smallest absolute Gasteiger partial charge is 0.340 e. The van der Waals surface area contributed by atoms with E-state index in [2.05, 4.69) is 17.1 Å². The summed E-state index contributed by atoms with van der Waals surface area (Å²) < 4.78 is 39.7. The predicted molar refractivity (Wildman–Crippen MR) is 154 cm³/mol. The Morgan fingerprint density at radius 3 is 2.60 bits per heavy atom. The Kier molecular flexibility index (Phi) is 6.25. The molecular weight excluding hydrogens is 552 g/mol. The van der Waals surface area contributed by atoms with Gasteiger partial charge >= 0.3 is 5.97 Å². The van der Waals surface area contributed by atoms with E-state index >= 15 is 0 Å². The summed E-state index contributed by atoms with van der Waals surface area (Å²) in [6.07, 6.45) is 3.91. The average molecular weight is 597 g/mol. The molecule has 5 saturated carbocycles. The second-order valence-electron chi connectivity index (χ2n) is 14.0. The van der Waals surface area contributed by atoms with E-state index in [1.54, 1.807) is 19.2 Å². The number of likely N-dealkylation sites (tertiary alicyclic amines) is 1. The lowest BCUT2D eigenvalue weighted by molar-refractivity contribution is -0.305. The Bertz CT molecular complexity index is 1340. The highest BCUT2D eigenvalue weighted by molar-refractivity contribution is 6.00. The maximum absolute atomic E-state index is 14.1. The summed E-state index contributed by atoms with van der Waals surface area (Å²) in [5, 5.41) is 2.82. The summed E-state index contributed by atoms with van der Waals surface area (Å²) in [4.78, 5) is 28.7. The van der Waals surface area contributed by atoms with Crippen LogP contribution in [0, 0.1) is 29.1 Å². The molecule has 10 nitrogen and oxygen atoms in total. The van der Waals surface area contributed by atoms with Crippen LogP contribution in [0.4, 0.5) is 5.69 Å². The Labute approximate surface area is 253 Å². The van der Waals surface area contributed by atoms with E-state index in [1.165, 1.54) is 6.92 Å². The van der Waals surface area contributed by atoms with Gasteiger partial charge in [0.15, 0.2) is 0 Å². The van der Waals surface area contributed by atoms with Gasteiger partial charge in [-0.3, -0.25) is 9.69 Å². The van der Waals surface area contributed by atoms with Crippen molar-refractivity contribution in [3.05, 3.63) is 29.8 Å². The monoisotopic (exact) mass is 596 g/mol. The molecule has 1 N–H and O–H groups in total. The number of anilines is 1. The minimum Gasteiger partial charge on any atom is -0.454 e. The van der Waals surface area contributed by atoms with Crippen molar-refractivity contribution in [2.75, 3.05) is 46.5 Å². The van der Waals surface area contributed by atoms with Crippen LogP contribution in [0.1, 0.15) is 56.3 Å². The third kappa shape index (κ3) is 3.15. The number of carbonyl (C=O) groups excluding carboxylic acids is 2. The average Bonchev–Trinajstić information content (AvgIpc) is 3.61. The van der Waals surface area contributed by atoms with E-state index in [4.69, 9.17) is 28.4 Å². The van der Waals surface area contributed by atoms with E-state index in [9.17, 15) is 9.59 Å². The number of methoxy groups -OCH3 is 3. The van der Waals surface area contributed by atoms with Gasteiger partial charge in [-0.1, -0.05) is 19.1 Å². The van der Waals surface area contributed by atoms with Crippen molar-refractivity contribution >= 4 is 17.6 Å². The SMILES string of the molecule is CCN1C[C@]2(OC(=O)c3ccccc3NC(C)=O)CC[C@H](OC)[C@@]34[C@@H]2C[C@H]([C@@H]13)[C@@]12C[C@H](OC)[C@H]3C[C@@H]4[C@]1(OCO2)[C@H]3OC. The normalized spacial score (nSPS) is 48.6. The third-order valence-electron chi connectivity index (χ3n) is 13.2. The number of piperidine rings is 1. The van der Waals surface area contributed by atoms with Crippen LogP contribution < -0.4 is 5.32 Å². The molecule has 7 aliphatic rings. The van der Waals surface area contributed by atoms with E-state index in [-0.39, 0.29) is 66.1 Å². The summed E-state index contributed by atoms with van der Waals surface area (Å²) in [5.41, 5.74) is -1.33. The van der Waals surface area contributed by atoms with Crippen LogP contribution >= 0.6 is 0 Å². The number of benzene rings is 1. The number of rotatable bonds is 7. The van der Waals surface area contributed by atoms with Crippen molar-refractivity contribution < 1.29 is 38.0 Å².